The fourth-order valence-electron chi connectivity index (χ4n) is 7.64. The van der Waals surface area contributed by atoms with Crippen LogP contribution in [0.15, 0.2) is 24.3 Å². The highest BCUT2D eigenvalue weighted by Gasteiger charge is 2.47. The van der Waals surface area contributed by atoms with Crippen LogP contribution in [0.2, 0.25) is 0 Å². The summed E-state index contributed by atoms with van der Waals surface area (Å²) in [5.41, 5.74) is -0.0944. The second-order valence-electron chi connectivity index (χ2n) is 14.0. The fourth-order valence-corrected chi connectivity index (χ4v) is 8.52. The number of thiophene rings is 1. The first-order chi connectivity index (χ1) is 21.4. The maximum absolute atomic E-state index is 14.0. The summed E-state index contributed by atoms with van der Waals surface area (Å²) in [7, 11) is 0. The van der Waals surface area contributed by atoms with E-state index >= 15 is 0 Å². The maximum atomic E-state index is 14.0. The molecule has 9 nitrogen and oxygen atoms in total. The van der Waals surface area contributed by atoms with Crippen LogP contribution in [0.5, 0.6) is 0 Å². The smallest absolute Gasteiger partial charge is 0.407 e. The van der Waals surface area contributed by atoms with Crippen molar-refractivity contribution >= 4 is 51.0 Å². The third-order valence-corrected chi connectivity index (χ3v) is 10.9. The van der Waals surface area contributed by atoms with Crippen molar-refractivity contribution in [1.29, 1.82) is 0 Å². The average Bonchev–Trinajstić information content (AvgIpc) is 3.64. The van der Waals surface area contributed by atoms with E-state index in [0.29, 0.717) is 43.8 Å². The average molecular weight is 644 g/mol. The number of carbonyl (C=O) groups is 4. The lowest BCUT2D eigenvalue weighted by atomic mass is 9.76. The van der Waals surface area contributed by atoms with Gasteiger partial charge in [-0.25, -0.2) is 14.0 Å². The van der Waals surface area contributed by atoms with Crippen LogP contribution < -0.4 is 10.6 Å². The number of alkyl carbamates (subject to hydrolysis) is 1. The van der Waals surface area contributed by atoms with Gasteiger partial charge in [0.25, 0.3) is 0 Å². The fraction of sp³-hybridized carbons (Fsp3) is 0.647. The summed E-state index contributed by atoms with van der Waals surface area (Å²) in [6.45, 7) is 5.12. The van der Waals surface area contributed by atoms with Crippen LogP contribution in [0.1, 0.15) is 94.7 Å². The molecule has 246 valence electrons. The number of ether oxygens (including phenoxy) is 1. The van der Waals surface area contributed by atoms with Gasteiger partial charge in [0.05, 0.1) is 6.04 Å². The van der Waals surface area contributed by atoms with Gasteiger partial charge in [-0.05, 0) is 100 Å². The number of alkyl halides is 1. The molecule has 0 bridgehead atoms. The summed E-state index contributed by atoms with van der Waals surface area (Å²) in [6, 6.07) is 5.77. The number of benzene rings is 1. The van der Waals surface area contributed by atoms with Crippen LogP contribution in [0, 0.1) is 23.7 Å². The summed E-state index contributed by atoms with van der Waals surface area (Å²) < 4.78 is 20.1. The van der Waals surface area contributed by atoms with E-state index in [9.17, 15) is 28.7 Å². The molecule has 3 N–H and O–H groups in total. The third kappa shape index (κ3) is 7.96. The van der Waals surface area contributed by atoms with Gasteiger partial charge in [-0.2, -0.15) is 0 Å². The monoisotopic (exact) mass is 643 g/mol. The molecule has 1 aromatic carbocycles. The Kier molecular flexibility index (Phi) is 10.4. The number of carbonyl (C=O) groups excluding carboxylic acids is 3. The Morgan fingerprint density at radius 2 is 1.73 bits per heavy atom. The molecule has 2 aliphatic carbocycles. The number of nitrogens with one attached hydrogen (secondary N) is 2. The van der Waals surface area contributed by atoms with E-state index < -0.39 is 36.4 Å². The van der Waals surface area contributed by atoms with Gasteiger partial charge in [0, 0.05) is 22.8 Å². The normalized spacial score (nSPS) is 25.1. The second-order valence-corrected chi connectivity index (χ2v) is 15.1. The quantitative estimate of drug-likeness (QED) is 0.284. The number of amides is 3. The van der Waals surface area contributed by atoms with E-state index in [2.05, 4.69) is 10.6 Å². The number of carboxylic acid groups (broad SMARTS) is 1. The molecule has 2 heterocycles. The van der Waals surface area contributed by atoms with Crippen molar-refractivity contribution in [3.05, 3.63) is 29.1 Å². The number of halogens is 1. The van der Waals surface area contributed by atoms with E-state index in [1.807, 2.05) is 6.07 Å². The zero-order valence-electron chi connectivity index (χ0n) is 26.5. The van der Waals surface area contributed by atoms with Gasteiger partial charge < -0.3 is 25.4 Å². The van der Waals surface area contributed by atoms with Crippen molar-refractivity contribution in [1.82, 2.24) is 10.2 Å². The molecule has 1 saturated heterocycles. The summed E-state index contributed by atoms with van der Waals surface area (Å²) in [5, 5.41) is 15.9. The van der Waals surface area contributed by atoms with Crippen molar-refractivity contribution in [2.75, 3.05) is 18.5 Å². The van der Waals surface area contributed by atoms with Gasteiger partial charge >= 0.3 is 12.1 Å². The molecule has 3 aliphatic rings. The van der Waals surface area contributed by atoms with E-state index in [0.717, 1.165) is 42.2 Å². The molecular formula is C34H46FN3O6S. The Hall–Kier alpha value is -3.21. The topological polar surface area (TPSA) is 125 Å². The number of fused-ring (bicyclic) bond motifs is 1. The molecule has 3 amide bonds. The number of likely N-dealkylation sites (tertiary alicyclic amines) is 1. The van der Waals surface area contributed by atoms with Crippen LogP contribution in [0.3, 0.4) is 0 Å². The summed E-state index contributed by atoms with van der Waals surface area (Å²) in [6.07, 6.45) is 8.14. The van der Waals surface area contributed by atoms with Gasteiger partial charge in [0.15, 0.2) is 0 Å². The van der Waals surface area contributed by atoms with Gasteiger partial charge in [-0.15, -0.1) is 11.3 Å². The van der Waals surface area contributed by atoms with Crippen LogP contribution in [-0.4, -0.2) is 64.8 Å². The highest BCUT2D eigenvalue weighted by molar-refractivity contribution is 7.20. The molecule has 5 rings (SSSR count). The summed E-state index contributed by atoms with van der Waals surface area (Å²) in [5.74, 6) is -1.05. The number of aromatic carboxylic acids is 1. The van der Waals surface area contributed by atoms with Crippen LogP contribution in [-0.2, 0) is 14.3 Å². The molecule has 0 unspecified atom stereocenters. The minimum Gasteiger partial charge on any atom is -0.477 e. The number of hydrogen-bond donors (Lipinski definition) is 3. The highest BCUT2D eigenvalue weighted by atomic mass is 32.1. The molecule has 0 spiro atoms. The third-order valence-electron chi connectivity index (χ3n) is 9.80. The van der Waals surface area contributed by atoms with E-state index in [-0.39, 0.29) is 34.4 Å². The van der Waals surface area contributed by atoms with Crippen molar-refractivity contribution in [3.8, 4) is 0 Å². The largest absolute Gasteiger partial charge is 0.477 e. The molecule has 45 heavy (non-hydrogen) atoms. The number of nitrogens with zero attached hydrogens (tertiary/aromatic N) is 1. The first kappa shape index (κ1) is 33.2. The van der Waals surface area contributed by atoms with Crippen LogP contribution >= 0.6 is 11.3 Å². The minimum absolute atomic E-state index is 0.0109. The zero-order chi connectivity index (χ0) is 32.3. The van der Waals surface area contributed by atoms with Gasteiger partial charge in [0.1, 0.15) is 23.2 Å². The Morgan fingerprint density at radius 1 is 1.02 bits per heavy atom. The summed E-state index contributed by atoms with van der Waals surface area (Å²) in [4.78, 5) is 53.8. The molecule has 0 radical (unpaired) electrons. The predicted octanol–water partition coefficient (Wildman–Crippen LogP) is 7.00. The van der Waals surface area contributed by atoms with Crippen LogP contribution in [0.4, 0.5) is 14.9 Å². The number of hydrogen-bond acceptors (Lipinski definition) is 6. The summed E-state index contributed by atoms with van der Waals surface area (Å²) >= 11 is 1.19. The first-order valence-corrected chi connectivity index (χ1v) is 17.2. The Labute approximate surface area is 268 Å². The lowest BCUT2D eigenvalue weighted by Crippen LogP contribution is -2.50. The SMILES string of the molecule is CC(C)(C)OC(=O)N[C@H](CF)[C@H]1CC[C@H](C(=O)N2CC[C@@H](C3CCCCC3)[C@H]2C(=O)Nc2ccc3sc(C(=O)O)cc3c2)CC1. The molecular weight excluding hydrogens is 597 g/mol. The lowest BCUT2D eigenvalue weighted by Gasteiger charge is -2.37. The van der Waals surface area contributed by atoms with Crippen molar-refractivity contribution in [2.45, 2.75) is 103 Å². The minimum atomic E-state index is -0.981. The second kappa shape index (κ2) is 14.1. The number of rotatable bonds is 8. The molecule has 11 heteroatoms. The van der Waals surface area contributed by atoms with E-state index in [4.69, 9.17) is 4.74 Å². The lowest BCUT2D eigenvalue weighted by molar-refractivity contribution is -0.142. The van der Waals surface area contributed by atoms with Crippen LogP contribution in [0.25, 0.3) is 10.1 Å². The Bertz CT molecular complexity index is 1390. The first-order valence-electron chi connectivity index (χ1n) is 16.4. The standard InChI is InChI=1S/C34H46FN3O6S/c1-34(2,3)44-33(43)37-26(19-35)21-9-11-22(12-10-21)31(40)38-16-15-25(20-7-5-4-6-8-20)29(38)30(39)36-24-13-14-27-23(17-24)18-28(45-27)32(41)42/h13-14,17-18,20-22,25-26,29H,4-12,15-16,19H2,1-3H3,(H,36,39)(H,37,43)(H,41,42)/t21-,22-,25-,26+,29-/m0/s1. The zero-order valence-corrected chi connectivity index (χ0v) is 27.3. The number of anilines is 1. The highest BCUT2D eigenvalue weighted by Crippen LogP contribution is 2.41. The van der Waals surface area contributed by atoms with Crippen molar-refractivity contribution in [2.24, 2.45) is 23.7 Å². The molecule has 3 fully saturated rings. The van der Waals surface area contributed by atoms with Gasteiger partial charge in [-0.1, -0.05) is 32.1 Å². The van der Waals surface area contributed by atoms with E-state index in [1.54, 1.807) is 43.9 Å². The Balaban J connectivity index is 1.27. The molecule has 3 atom stereocenters. The molecule has 1 aromatic heterocycles. The molecule has 1 aliphatic heterocycles. The molecule has 2 saturated carbocycles. The Morgan fingerprint density at radius 3 is 2.38 bits per heavy atom. The maximum Gasteiger partial charge on any atom is 0.407 e. The van der Waals surface area contributed by atoms with Gasteiger partial charge in [0.2, 0.25) is 11.8 Å². The predicted molar refractivity (Wildman–Crippen MR) is 172 cm³/mol. The number of carboxylic acids is 1. The van der Waals surface area contributed by atoms with Crippen molar-refractivity contribution in [3.63, 3.8) is 0 Å². The van der Waals surface area contributed by atoms with Crippen molar-refractivity contribution < 1.29 is 33.4 Å². The van der Waals surface area contributed by atoms with Gasteiger partial charge in [-0.3, -0.25) is 9.59 Å². The van der Waals surface area contributed by atoms with E-state index in [1.165, 1.54) is 17.8 Å². The molecule has 2 aromatic rings.